The van der Waals surface area contributed by atoms with Crippen molar-refractivity contribution in [3.8, 4) is 0 Å². The van der Waals surface area contributed by atoms with Crippen molar-refractivity contribution in [1.29, 1.82) is 0 Å². The molecule has 1 unspecified atom stereocenters. The number of alkyl halides is 3. The van der Waals surface area contributed by atoms with Crippen LogP contribution in [-0.2, 0) is 11.0 Å². The molecule has 0 bridgehead atoms. The number of ketones is 1. The number of thiophene rings is 1. The molecule has 0 aliphatic carbocycles. The molecular weight excluding hydrogens is 443 g/mol. The Hall–Kier alpha value is -2.44. The second-order valence-corrected chi connectivity index (χ2v) is 8.25. The predicted octanol–water partition coefficient (Wildman–Crippen LogP) is 4.06. The normalized spacial score (nSPS) is 16.3. The number of aromatic nitrogens is 2. The van der Waals surface area contributed by atoms with Gasteiger partial charge in [0.15, 0.2) is 5.78 Å². The number of nitrogens with zero attached hydrogens (tertiary/aromatic N) is 2. The monoisotopic (exact) mass is 459 g/mol. The van der Waals surface area contributed by atoms with Crippen molar-refractivity contribution >= 4 is 46.6 Å². The van der Waals surface area contributed by atoms with Crippen LogP contribution >= 0.6 is 23.1 Å². The van der Waals surface area contributed by atoms with Gasteiger partial charge in [-0.05, 0) is 37.2 Å². The number of hydrogen-bond acceptors (Lipinski definition) is 8. The van der Waals surface area contributed by atoms with Crippen molar-refractivity contribution in [2.24, 2.45) is 0 Å². The number of pyridine rings is 1. The van der Waals surface area contributed by atoms with Gasteiger partial charge >= 0.3 is 6.18 Å². The van der Waals surface area contributed by atoms with Crippen LogP contribution in [0.25, 0.3) is 11.2 Å². The van der Waals surface area contributed by atoms with Crippen LogP contribution in [0.2, 0.25) is 0 Å². The van der Waals surface area contributed by atoms with E-state index in [1.807, 2.05) is 12.1 Å². The number of hydrogen-bond donors (Lipinski definition) is 2. The first-order valence-electron chi connectivity index (χ1n) is 8.71. The molecule has 0 amide bonds. The van der Waals surface area contributed by atoms with Crippen LogP contribution in [0.1, 0.15) is 32.6 Å². The Kier molecular flexibility index (Phi) is 7.10. The lowest BCUT2D eigenvalue weighted by atomic mass is 10.1. The number of Topliss-reactive ketones (excluding diaryl/α,β-unsaturated/α-hetero) is 1. The summed E-state index contributed by atoms with van der Waals surface area (Å²) in [7, 11) is 0. The number of carboxylic acid groups (broad SMARTS) is 1. The van der Waals surface area contributed by atoms with E-state index in [2.05, 4.69) is 15.3 Å². The largest absolute Gasteiger partial charge is 0.483 e. The fourth-order valence-corrected chi connectivity index (χ4v) is 4.72. The average molecular weight is 459 g/mol. The second-order valence-electron chi connectivity index (χ2n) is 6.21. The molecule has 4 rings (SSSR count). The van der Waals surface area contributed by atoms with Gasteiger partial charge in [0.2, 0.25) is 5.71 Å². The van der Waals surface area contributed by atoms with Gasteiger partial charge in [0.05, 0.1) is 10.6 Å². The Bertz CT molecular complexity index is 1030. The number of carbonyl (C=O) groups excluding carboxylic acids is 1. The Labute approximate surface area is 176 Å². The summed E-state index contributed by atoms with van der Waals surface area (Å²) in [4.78, 5) is 30.1. The summed E-state index contributed by atoms with van der Waals surface area (Å²) in [6.07, 6.45) is -3.48. The number of thioether (sulfide) groups is 1. The van der Waals surface area contributed by atoms with E-state index in [0.29, 0.717) is 10.8 Å². The van der Waals surface area contributed by atoms with E-state index < -0.39 is 11.9 Å². The molecule has 3 aromatic rings. The first-order chi connectivity index (χ1) is 14.3. The smallest absolute Gasteiger partial charge is 0.433 e. The standard InChI is InChI=1S/C17H14F3N3O2S2.CH2O2/c18-17(19,20)14-4-1-10-15(23-14)25-16(22-10)26-8-11(24)13-3-2-12(27-13)9-5-6-21-7-9;2-1-3/h1-4,9,21H,5-8H2;1H,(H,2,3). The Morgan fingerprint density at radius 1 is 1.33 bits per heavy atom. The van der Waals surface area contributed by atoms with Crippen molar-refractivity contribution in [2.45, 2.75) is 23.7 Å². The molecule has 7 nitrogen and oxygen atoms in total. The molecule has 1 aliphatic rings. The molecule has 1 aliphatic heterocycles. The van der Waals surface area contributed by atoms with Gasteiger partial charge in [-0.3, -0.25) is 9.59 Å². The lowest BCUT2D eigenvalue weighted by Gasteiger charge is -2.03. The summed E-state index contributed by atoms with van der Waals surface area (Å²) in [6.45, 7) is 1.67. The van der Waals surface area contributed by atoms with E-state index in [9.17, 15) is 18.0 Å². The van der Waals surface area contributed by atoms with Crippen LogP contribution < -0.4 is 5.32 Å². The third kappa shape index (κ3) is 5.37. The highest BCUT2D eigenvalue weighted by atomic mass is 32.2. The summed E-state index contributed by atoms with van der Waals surface area (Å²) in [5.41, 5.74) is -0.997. The van der Waals surface area contributed by atoms with Gasteiger partial charge < -0.3 is 14.8 Å². The van der Waals surface area contributed by atoms with Gasteiger partial charge in [0.1, 0.15) is 11.2 Å². The van der Waals surface area contributed by atoms with Gasteiger partial charge in [-0.15, -0.1) is 11.3 Å². The maximum Gasteiger partial charge on any atom is 0.433 e. The van der Waals surface area contributed by atoms with E-state index in [0.717, 1.165) is 37.3 Å². The van der Waals surface area contributed by atoms with Crippen LogP contribution in [0, 0.1) is 0 Å². The first-order valence-corrected chi connectivity index (χ1v) is 10.5. The van der Waals surface area contributed by atoms with Crippen LogP contribution in [0.4, 0.5) is 13.2 Å². The van der Waals surface area contributed by atoms with Crippen LogP contribution in [0.5, 0.6) is 0 Å². The van der Waals surface area contributed by atoms with E-state index in [1.165, 1.54) is 22.3 Å². The topological polar surface area (TPSA) is 105 Å². The fraction of sp³-hybridized carbons (Fsp3) is 0.333. The molecule has 0 aromatic carbocycles. The molecule has 1 saturated heterocycles. The summed E-state index contributed by atoms with van der Waals surface area (Å²) in [6, 6.07) is 5.88. The molecular formula is C18H16F3N3O4S2. The molecule has 12 heteroatoms. The van der Waals surface area contributed by atoms with E-state index in [1.54, 1.807) is 0 Å². The van der Waals surface area contributed by atoms with Gasteiger partial charge in [-0.1, -0.05) is 11.8 Å². The number of fused-ring (bicyclic) bond motifs is 1. The van der Waals surface area contributed by atoms with Gasteiger partial charge in [0.25, 0.3) is 11.7 Å². The highest BCUT2D eigenvalue weighted by molar-refractivity contribution is 7.99. The lowest BCUT2D eigenvalue weighted by Crippen LogP contribution is -2.07. The number of nitrogens with one attached hydrogen (secondary N) is 1. The third-order valence-electron chi connectivity index (χ3n) is 4.22. The average Bonchev–Trinajstić information content (AvgIpc) is 3.45. The van der Waals surface area contributed by atoms with Gasteiger partial charge in [-0.2, -0.15) is 13.2 Å². The maximum atomic E-state index is 12.7. The van der Waals surface area contributed by atoms with Crippen LogP contribution in [-0.4, -0.2) is 46.2 Å². The summed E-state index contributed by atoms with van der Waals surface area (Å²) >= 11 is 2.54. The summed E-state index contributed by atoms with van der Waals surface area (Å²) < 4.78 is 43.4. The summed E-state index contributed by atoms with van der Waals surface area (Å²) in [5, 5.41) is 10.3. The van der Waals surface area contributed by atoms with Crippen molar-refractivity contribution < 1.29 is 32.3 Å². The minimum absolute atomic E-state index is 0.0617. The number of carbonyl (C=O) groups is 2. The summed E-state index contributed by atoms with van der Waals surface area (Å²) in [5.74, 6) is 0.491. The van der Waals surface area contributed by atoms with Gasteiger partial charge in [0, 0.05) is 17.3 Å². The van der Waals surface area contributed by atoms with Crippen molar-refractivity contribution in [2.75, 3.05) is 18.8 Å². The van der Waals surface area contributed by atoms with E-state index in [-0.39, 0.29) is 34.5 Å². The minimum Gasteiger partial charge on any atom is -0.483 e. The molecule has 1 fully saturated rings. The fourth-order valence-electron chi connectivity index (χ4n) is 2.83. The zero-order chi connectivity index (χ0) is 21.7. The van der Waals surface area contributed by atoms with Gasteiger partial charge in [-0.25, -0.2) is 9.97 Å². The highest BCUT2D eigenvalue weighted by Crippen LogP contribution is 2.32. The first kappa shape index (κ1) is 22.2. The van der Waals surface area contributed by atoms with Crippen molar-refractivity contribution in [3.63, 3.8) is 0 Å². The van der Waals surface area contributed by atoms with Crippen molar-refractivity contribution in [1.82, 2.24) is 15.3 Å². The Balaban J connectivity index is 0.000000806. The Morgan fingerprint density at radius 3 is 2.77 bits per heavy atom. The molecule has 0 spiro atoms. The predicted molar refractivity (Wildman–Crippen MR) is 105 cm³/mol. The number of oxazole rings is 1. The third-order valence-corrected chi connectivity index (χ3v) is 6.33. The van der Waals surface area contributed by atoms with E-state index in [4.69, 9.17) is 14.3 Å². The molecule has 4 heterocycles. The molecule has 3 aromatic heterocycles. The highest BCUT2D eigenvalue weighted by Gasteiger charge is 2.33. The molecule has 160 valence electrons. The zero-order valence-corrected chi connectivity index (χ0v) is 16.9. The Morgan fingerprint density at radius 2 is 2.10 bits per heavy atom. The molecule has 0 saturated carbocycles. The van der Waals surface area contributed by atoms with Crippen LogP contribution in [0.15, 0.2) is 33.9 Å². The second kappa shape index (κ2) is 9.58. The lowest BCUT2D eigenvalue weighted by molar-refractivity contribution is -0.141. The SMILES string of the molecule is O=C(CSc1nc2ccc(C(F)(F)F)nc2o1)c1ccc(C2CCNC2)s1.O=CO. The maximum absolute atomic E-state index is 12.7. The van der Waals surface area contributed by atoms with Crippen molar-refractivity contribution in [3.05, 3.63) is 39.7 Å². The molecule has 30 heavy (non-hydrogen) atoms. The molecule has 0 radical (unpaired) electrons. The van der Waals surface area contributed by atoms with Crippen LogP contribution in [0.3, 0.4) is 0 Å². The van der Waals surface area contributed by atoms with E-state index >= 15 is 0 Å². The minimum atomic E-state index is -4.55. The molecule has 2 N–H and O–H groups in total. The number of halogens is 3. The number of rotatable bonds is 5. The zero-order valence-electron chi connectivity index (χ0n) is 15.3. The molecule has 1 atom stereocenters. The quantitative estimate of drug-likeness (QED) is 0.334.